The largest absolute Gasteiger partial charge is 0.395 e. The number of carbonyl (C=O) groups excluding carboxylic acids is 1. The molecule has 0 saturated heterocycles. The lowest BCUT2D eigenvalue weighted by Gasteiger charge is -2.09. The highest BCUT2D eigenvalue weighted by Crippen LogP contribution is 2.13. The Morgan fingerprint density at radius 1 is 1.33 bits per heavy atom. The van der Waals surface area contributed by atoms with Crippen LogP contribution in [0.1, 0.15) is 35.0 Å². The van der Waals surface area contributed by atoms with Gasteiger partial charge in [-0.2, -0.15) is 5.10 Å². The van der Waals surface area contributed by atoms with E-state index in [1.807, 2.05) is 35.0 Å². The highest BCUT2D eigenvalue weighted by molar-refractivity contribution is 5.95. The third-order valence-electron chi connectivity index (χ3n) is 3.25. The molecule has 0 radical (unpaired) electrons. The zero-order chi connectivity index (χ0) is 15.1. The Morgan fingerprint density at radius 2 is 2.10 bits per heavy atom. The molecule has 2 rings (SSSR count). The van der Waals surface area contributed by atoms with E-state index in [2.05, 4.69) is 17.3 Å². The van der Waals surface area contributed by atoms with E-state index in [0.717, 1.165) is 24.1 Å². The zero-order valence-electron chi connectivity index (χ0n) is 12.2. The molecule has 0 spiro atoms. The van der Waals surface area contributed by atoms with Gasteiger partial charge in [0.05, 0.1) is 30.6 Å². The summed E-state index contributed by atoms with van der Waals surface area (Å²) in [6, 6.07) is 10.1. The lowest BCUT2D eigenvalue weighted by molar-refractivity contribution is 0.0943. The zero-order valence-corrected chi connectivity index (χ0v) is 12.2. The molecule has 1 heterocycles. The standard InChI is InChI=1S/C16H21N3O2/c1-2-6-15-14(16(21)17-9-10-20)11-18-19(15)12-13-7-4-3-5-8-13/h3-5,7-8,11,20H,2,6,9-10,12H2,1H3,(H,17,21). The Kier molecular flexibility index (Phi) is 5.51. The molecule has 5 heteroatoms. The Labute approximate surface area is 124 Å². The topological polar surface area (TPSA) is 67.2 Å². The number of amides is 1. The van der Waals surface area contributed by atoms with Crippen LogP contribution in [0.4, 0.5) is 0 Å². The number of hydrogen-bond acceptors (Lipinski definition) is 3. The molecule has 2 N–H and O–H groups in total. The summed E-state index contributed by atoms with van der Waals surface area (Å²) in [6.07, 6.45) is 3.36. The third-order valence-corrected chi connectivity index (χ3v) is 3.25. The molecule has 0 aliphatic heterocycles. The van der Waals surface area contributed by atoms with Gasteiger partial charge >= 0.3 is 0 Å². The first-order chi connectivity index (χ1) is 10.3. The van der Waals surface area contributed by atoms with Crippen LogP contribution in [-0.4, -0.2) is 33.9 Å². The van der Waals surface area contributed by atoms with Crippen LogP contribution >= 0.6 is 0 Å². The van der Waals surface area contributed by atoms with Crippen LogP contribution in [-0.2, 0) is 13.0 Å². The second-order valence-electron chi connectivity index (χ2n) is 4.88. The summed E-state index contributed by atoms with van der Waals surface area (Å²) in [5.41, 5.74) is 2.69. The first kappa shape index (κ1) is 15.3. The number of aromatic nitrogens is 2. The van der Waals surface area contributed by atoms with Gasteiger partial charge in [0, 0.05) is 6.54 Å². The fraction of sp³-hybridized carbons (Fsp3) is 0.375. The molecule has 0 unspecified atom stereocenters. The van der Waals surface area contributed by atoms with Gasteiger partial charge in [0.2, 0.25) is 0 Å². The highest BCUT2D eigenvalue weighted by Gasteiger charge is 2.16. The third kappa shape index (κ3) is 3.92. The molecule has 0 aliphatic rings. The van der Waals surface area contributed by atoms with E-state index >= 15 is 0 Å². The van der Waals surface area contributed by atoms with Crippen molar-refractivity contribution in [3.63, 3.8) is 0 Å². The quantitative estimate of drug-likeness (QED) is 0.813. The Bertz CT molecular complexity index is 578. The van der Waals surface area contributed by atoms with Gasteiger partial charge in [-0.05, 0) is 12.0 Å². The highest BCUT2D eigenvalue weighted by atomic mass is 16.3. The number of nitrogens with one attached hydrogen (secondary N) is 1. The smallest absolute Gasteiger partial charge is 0.254 e. The molecular formula is C16H21N3O2. The lowest BCUT2D eigenvalue weighted by Crippen LogP contribution is -2.27. The van der Waals surface area contributed by atoms with Crippen molar-refractivity contribution in [3.8, 4) is 0 Å². The van der Waals surface area contributed by atoms with Gasteiger partial charge in [0.1, 0.15) is 0 Å². The summed E-state index contributed by atoms with van der Waals surface area (Å²) in [5.74, 6) is -0.174. The van der Waals surface area contributed by atoms with Gasteiger partial charge < -0.3 is 10.4 Å². The molecule has 0 fully saturated rings. The summed E-state index contributed by atoms with van der Waals surface area (Å²) in [7, 11) is 0. The number of aliphatic hydroxyl groups is 1. The van der Waals surface area contributed by atoms with Crippen LogP contribution < -0.4 is 5.32 Å². The van der Waals surface area contributed by atoms with Crippen molar-refractivity contribution >= 4 is 5.91 Å². The Balaban J connectivity index is 2.22. The van der Waals surface area contributed by atoms with Crippen molar-refractivity contribution in [2.24, 2.45) is 0 Å². The molecule has 1 aromatic heterocycles. The minimum absolute atomic E-state index is 0.0625. The first-order valence-electron chi connectivity index (χ1n) is 7.24. The van der Waals surface area contributed by atoms with Gasteiger partial charge in [0.15, 0.2) is 0 Å². The van der Waals surface area contributed by atoms with E-state index in [4.69, 9.17) is 5.11 Å². The van der Waals surface area contributed by atoms with Crippen LogP contribution in [0.5, 0.6) is 0 Å². The Morgan fingerprint density at radius 3 is 2.76 bits per heavy atom. The second-order valence-corrected chi connectivity index (χ2v) is 4.88. The van der Waals surface area contributed by atoms with Crippen molar-refractivity contribution in [1.29, 1.82) is 0 Å². The van der Waals surface area contributed by atoms with Crippen molar-refractivity contribution in [1.82, 2.24) is 15.1 Å². The fourth-order valence-electron chi connectivity index (χ4n) is 2.26. The first-order valence-corrected chi connectivity index (χ1v) is 7.24. The normalized spacial score (nSPS) is 10.6. The van der Waals surface area contributed by atoms with Gasteiger partial charge in [-0.15, -0.1) is 0 Å². The average molecular weight is 287 g/mol. The van der Waals surface area contributed by atoms with Gasteiger partial charge in [-0.3, -0.25) is 9.48 Å². The molecule has 0 saturated carbocycles. The molecule has 1 aromatic carbocycles. The molecule has 5 nitrogen and oxygen atoms in total. The second kappa shape index (κ2) is 7.59. The number of nitrogens with zero attached hydrogens (tertiary/aromatic N) is 2. The summed E-state index contributed by atoms with van der Waals surface area (Å²) < 4.78 is 1.88. The van der Waals surface area contributed by atoms with Crippen LogP contribution in [0, 0.1) is 0 Å². The minimum atomic E-state index is -0.174. The number of benzene rings is 1. The summed E-state index contributed by atoms with van der Waals surface area (Å²) in [4.78, 5) is 12.1. The maximum absolute atomic E-state index is 12.1. The van der Waals surface area contributed by atoms with E-state index in [0.29, 0.717) is 12.1 Å². The van der Waals surface area contributed by atoms with Crippen molar-refractivity contribution < 1.29 is 9.90 Å². The van der Waals surface area contributed by atoms with Crippen LogP contribution in [0.2, 0.25) is 0 Å². The van der Waals surface area contributed by atoms with Gasteiger partial charge in [-0.1, -0.05) is 43.7 Å². The monoisotopic (exact) mass is 287 g/mol. The molecule has 0 aliphatic carbocycles. The number of aliphatic hydroxyl groups excluding tert-OH is 1. The van der Waals surface area contributed by atoms with Crippen LogP contribution in [0.25, 0.3) is 0 Å². The van der Waals surface area contributed by atoms with Crippen molar-refractivity contribution in [2.75, 3.05) is 13.2 Å². The number of rotatable bonds is 7. The lowest BCUT2D eigenvalue weighted by atomic mass is 10.1. The number of carbonyl (C=O) groups is 1. The summed E-state index contributed by atoms with van der Waals surface area (Å²) >= 11 is 0. The van der Waals surface area contributed by atoms with Crippen LogP contribution in [0.3, 0.4) is 0 Å². The van der Waals surface area contributed by atoms with Crippen molar-refractivity contribution in [2.45, 2.75) is 26.3 Å². The molecule has 1 amide bonds. The maximum atomic E-state index is 12.1. The van der Waals surface area contributed by atoms with E-state index in [-0.39, 0.29) is 19.1 Å². The van der Waals surface area contributed by atoms with E-state index < -0.39 is 0 Å². The number of hydrogen-bond donors (Lipinski definition) is 2. The predicted octanol–water partition coefficient (Wildman–Crippen LogP) is 1.61. The molecule has 0 atom stereocenters. The average Bonchev–Trinajstić information content (AvgIpc) is 2.89. The van der Waals surface area contributed by atoms with E-state index in [1.165, 1.54) is 0 Å². The predicted molar refractivity (Wildman–Crippen MR) is 81.2 cm³/mol. The van der Waals surface area contributed by atoms with Crippen LogP contribution in [0.15, 0.2) is 36.5 Å². The molecule has 0 bridgehead atoms. The summed E-state index contributed by atoms with van der Waals surface area (Å²) in [5, 5.41) is 15.8. The maximum Gasteiger partial charge on any atom is 0.254 e. The van der Waals surface area contributed by atoms with E-state index in [1.54, 1.807) is 6.20 Å². The molecule has 21 heavy (non-hydrogen) atoms. The van der Waals surface area contributed by atoms with Crippen molar-refractivity contribution in [3.05, 3.63) is 53.3 Å². The van der Waals surface area contributed by atoms with E-state index in [9.17, 15) is 4.79 Å². The Hall–Kier alpha value is -2.14. The molecule has 2 aromatic rings. The molecular weight excluding hydrogens is 266 g/mol. The minimum Gasteiger partial charge on any atom is -0.395 e. The van der Waals surface area contributed by atoms with Gasteiger partial charge in [-0.25, -0.2) is 0 Å². The van der Waals surface area contributed by atoms with Gasteiger partial charge in [0.25, 0.3) is 5.91 Å². The molecule has 112 valence electrons. The summed E-state index contributed by atoms with van der Waals surface area (Å²) in [6.45, 7) is 2.93. The fourth-order valence-corrected chi connectivity index (χ4v) is 2.26. The SMILES string of the molecule is CCCc1c(C(=O)NCCO)cnn1Cc1ccccc1.